The van der Waals surface area contributed by atoms with Gasteiger partial charge in [-0.15, -0.1) is 0 Å². The molecule has 0 spiro atoms. The highest BCUT2D eigenvalue weighted by atomic mass is 19.3. The molecule has 3 aromatic heterocycles. The Morgan fingerprint density at radius 3 is 2.40 bits per heavy atom. The molecule has 0 saturated heterocycles. The number of pyridine rings is 1. The summed E-state index contributed by atoms with van der Waals surface area (Å²) in [5, 5.41) is 2.43. The molecule has 11 heteroatoms. The zero-order chi connectivity index (χ0) is 25.2. The Hall–Kier alpha value is -3.89. The number of nitrogens with one attached hydrogen (secondary N) is 1. The quantitative estimate of drug-likeness (QED) is 0.396. The third-order valence-corrected chi connectivity index (χ3v) is 6.32. The van der Waals surface area contributed by atoms with Gasteiger partial charge in [0.2, 0.25) is 5.91 Å². The molecule has 1 aromatic carbocycles. The molecule has 0 saturated carbocycles. The van der Waals surface area contributed by atoms with Crippen LogP contribution in [0.15, 0.2) is 61.1 Å². The molecule has 6 nitrogen and oxygen atoms in total. The number of hydrogen-bond acceptors (Lipinski definition) is 4. The summed E-state index contributed by atoms with van der Waals surface area (Å²) in [6, 6.07) is 12.8. The van der Waals surface area contributed by atoms with Gasteiger partial charge in [-0.1, -0.05) is 36.4 Å². The van der Waals surface area contributed by atoms with E-state index < -0.39 is 46.4 Å². The fourth-order valence-corrected chi connectivity index (χ4v) is 4.27. The molecule has 0 bridgehead atoms. The molecule has 4 heterocycles. The maximum Gasteiger partial charge on any atom is 0.355 e. The topological polar surface area (TPSA) is 72.2 Å². The molecule has 2 unspecified atom stereocenters. The lowest BCUT2D eigenvalue weighted by molar-refractivity contribution is -0.245. The van der Waals surface area contributed by atoms with Gasteiger partial charge in [-0.2, -0.15) is 17.6 Å². The van der Waals surface area contributed by atoms with E-state index in [1.54, 1.807) is 47.0 Å². The number of hydrogen-bond donors (Lipinski definition) is 1. The number of anilines is 1. The molecule has 1 aliphatic heterocycles. The van der Waals surface area contributed by atoms with Crippen LogP contribution in [0.25, 0.3) is 17.0 Å². The molecule has 180 valence electrons. The summed E-state index contributed by atoms with van der Waals surface area (Å²) in [7, 11) is 0. The Morgan fingerprint density at radius 2 is 1.71 bits per heavy atom. The molecule has 1 aliphatic rings. The largest absolute Gasteiger partial charge is 0.355 e. The lowest BCUT2D eigenvalue weighted by Crippen LogP contribution is -2.47. The molecular formula is C24H18F5N5O. The zero-order valence-corrected chi connectivity index (χ0v) is 18.4. The summed E-state index contributed by atoms with van der Waals surface area (Å²) >= 11 is 0. The van der Waals surface area contributed by atoms with E-state index in [1.165, 1.54) is 25.4 Å². The second-order valence-corrected chi connectivity index (χ2v) is 8.46. The smallest absolute Gasteiger partial charge is 0.309 e. The highest BCUT2D eigenvalue weighted by molar-refractivity contribution is 6.08. The summed E-state index contributed by atoms with van der Waals surface area (Å²) in [4.78, 5) is 25.3. The number of fused-ring (bicyclic) bond motifs is 2. The second kappa shape index (κ2) is 7.56. The van der Waals surface area contributed by atoms with Crippen LogP contribution in [-0.2, 0) is 16.1 Å². The minimum absolute atomic E-state index is 0.0321. The summed E-state index contributed by atoms with van der Waals surface area (Å²) in [6.45, 7) is 1.66. The summed E-state index contributed by atoms with van der Waals surface area (Å²) in [5.41, 5.74) is -3.10. The fourth-order valence-electron chi connectivity index (χ4n) is 4.27. The van der Waals surface area contributed by atoms with Crippen molar-refractivity contribution < 1.29 is 26.7 Å². The molecule has 35 heavy (non-hydrogen) atoms. The van der Waals surface area contributed by atoms with Gasteiger partial charge in [0.1, 0.15) is 28.9 Å². The van der Waals surface area contributed by atoms with Crippen molar-refractivity contribution >= 4 is 17.2 Å². The molecular weight excluding hydrogens is 469 g/mol. The summed E-state index contributed by atoms with van der Waals surface area (Å²) in [6.07, 6.45) is -0.181. The maximum atomic E-state index is 15.5. The van der Waals surface area contributed by atoms with Gasteiger partial charge in [-0.05, 0) is 31.5 Å². The van der Waals surface area contributed by atoms with Gasteiger partial charge in [0, 0.05) is 11.8 Å². The molecule has 4 aromatic rings. The first-order valence-corrected chi connectivity index (χ1v) is 10.6. The molecule has 1 amide bonds. The van der Waals surface area contributed by atoms with Gasteiger partial charge in [0.05, 0.1) is 5.52 Å². The van der Waals surface area contributed by atoms with Crippen molar-refractivity contribution in [1.29, 1.82) is 0 Å². The lowest BCUT2D eigenvalue weighted by Gasteiger charge is -2.31. The van der Waals surface area contributed by atoms with Crippen LogP contribution >= 0.6 is 0 Å². The van der Waals surface area contributed by atoms with E-state index in [4.69, 9.17) is 0 Å². The molecule has 0 fully saturated rings. The van der Waals surface area contributed by atoms with Crippen LogP contribution in [-0.4, -0.2) is 37.4 Å². The predicted molar refractivity (Wildman–Crippen MR) is 117 cm³/mol. The number of amides is 1. The van der Waals surface area contributed by atoms with Gasteiger partial charge in [-0.25, -0.2) is 19.3 Å². The van der Waals surface area contributed by atoms with E-state index in [1.807, 2.05) is 0 Å². The van der Waals surface area contributed by atoms with Gasteiger partial charge in [0.25, 0.3) is 0 Å². The minimum atomic E-state index is -5.12. The van der Waals surface area contributed by atoms with Crippen molar-refractivity contribution in [3.8, 4) is 11.5 Å². The first-order valence-electron chi connectivity index (χ1n) is 10.6. The first-order chi connectivity index (χ1) is 16.5. The van der Waals surface area contributed by atoms with Crippen LogP contribution in [0.4, 0.5) is 27.8 Å². The molecule has 1 N–H and O–H groups in total. The summed E-state index contributed by atoms with van der Waals surface area (Å²) < 4.78 is 75.7. The second-order valence-electron chi connectivity index (χ2n) is 8.46. The van der Waals surface area contributed by atoms with Gasteiger partial charge in [0.15, 0.2) is 12.0 Å². The highest BCUT2D eigenvalue weighted by Crippen LogP contribution is 2.52. The Balaban J connectivity index is 1.84. The van der Waals surface area contributed by atoms with E-state index >= 15 is 8.78 Å². The monoisotopic (exact) mass is 487 g/mol. The average Bonchev–Trinajstić information content (AvgIpc) is 3.38. The normalized spacial score (nSPS) is 19.0. The van der Waals surface area contributed by atoms with Crippen LogP contribution in [0.3, 0.4) is 0 Å². The fraction of sp³-hybridized carbons (Fsp3) is 0.250. The number of rotatable bonds is 5. The van der Waals surface area contributed by atoms with E-state index in [9.17, 15) is 18.0 Å². The Labute approximate surface area is 195 Å². The van der Waals surface area contributed by atoms with E-state index in [2.05, 4.69) is 20.3 Å². The SMILES string of the molecule is CC(F)C(F)(F)C(F)(F)c1nc(-c2ncn3ccccc23)nc2c1C(C)(c1ccccc1)C(=O)N2. The first kappa shape index (κ1) is 22.9. The predicted octanol–water partition coefficient (Wildman–Crippen LogP) is 5.13. The number of carbonyl (C=O) groups excluding carboxylic acids is 1. The van der Waals surface area contributed by atoms with E-state index in [-0.39, 0.29) is 17.1 Å². The number of halogens is 5. The van der Waals surface area contributed by atoms with Crippen LogP contribution in [0, 0.1) is 0 Å². The van der Waals surface area contributed by atoms with Crippen molar-refractivity contribution in [3.05, 3.63) is 77.9 Å². The van der Waals surface area contributed by atoms with Crippen molar-refractivity contribution in [2.75, 3.05) is 5.32 Å². The van der Waals surface area contributed by atoms with E-state index in [0.29, 0.717) is 12.4 Å². The molecule has 0 radical (unpaired) electrons. The van der Waals surface area contributed by atoms with Crippen LogP contribution in [0.2, 0.25) is 0 Å². The van der Waals surface area contributed by atoms with Crippen LogP contribution in [0.5, 0.6) is 0 Å². The zero-order valence-electron chi connectivity index (χ0n) is 18.4. The van der Waals surface area contributed by atoms with Gasteiger partial charge >= 0.3 is 11.8 Å². The van der Waals surface area contributed by atoms with Gasteiger partial charge in [-0.3, -0.25) is 4.79 Å². The van der Waals surface area contributed by atoms with Crippen LogP contribution < -0.4 is 5.32 Å². The van der Waals surface area contributed by atoms with Crippen molar-refractivity contribution in [3.63, 3.8) is 0 Å². The summed E-state index contributed by atoms with van der Waals surface area (Å²) in [5.74, 6) is -11.7. The standard InChI is InChI=1S/C24H18F5N5O/c1-13(25)23(26,27)24(28,29)18-16-19(33-21(35)22(16,2)14-8-4-3-5-9-14)32-20(31-18)17-15-10-6-7-11-34(15)12-30-17/h3-13H,1-2H3,(H,31,32,33,35). The average molecular weight is 487 g/mol. The number of aromatic nitrogens is 4. The Morgan fingerprint density at radius 1 is 1.03 bits per heavy atom. The number of alkyl halides is 5. The number of imidazole rings is 1. The Kier molecular flexibility index (Phi) is 4.94. The molecule has 5 rings (SSSR count). The molecule has 2 atom stereocenters. The number of nitrogens with zero attached hydrogens (tertiary/aromatic N) is 4. The van der Waals surface area contributed by atoms with Crippen molar-refractivity contribution in [2.24, 2.45) is 0 Å². The maximum absolute atomic E-state index is 15.5. The van der Waals surface area contributed by atoms with E-state index in [0.717, 1.165) is 0 Å². The minimum Gasteiger partial charge on any atom is -0.309 e. The third kappa shape index (κ3) is 3.14. The third-order valence-electron chi connectivity index (χ3n) is 6.32. The van der Waals surface area contributed by atoms with Crippen molar-refractivity contribution in [1.82, 2.24) is 19.4 Å². The van der Waals surface area contributed by atoms with Crippen LogP contribution in [0.1, 0.15) is 30.7 Å². The number of benzene rings is 1. The van der Waals surface area contributed by atoms with Crippen molar-refractivity contribution in [2.45, 2.75) is 37.3 Å². The van der Waals surface area contributed by atoms with Gasteiger partial charge < -0.3 is 9.72 Å². The molecule has 0 aliphatic carbocycles. The lowest BCUT2D eigenvalue weighted by atomic mass is 9.75. The highest BCUT2D eigenvalue weighted by Gasteiger charge is 2.65. The Bertz CT molecular complexity index is 1450. The number of carbonyl (C=O) groups is 1.